The van der Waals surface area contributed by atoms with Crippen molar-refractivity contribution in [3.05, 3.63) is 22.4 Å². The van der Waals surface area contributed by atoms with Crippen LogP contribution in [0.3, 0.4) is 0 Å². The minimum Gasteiger partial charge on any atom is -0.149 e. The van der Waals surface area contributed by atoms with Crippen molar-refractivity contribution in [2.24, 2.45) is 5.41 Å². The average Bonchev–Trinajstić information content (AvgIpc) is 2.68. The molecule has 0 nitrogen and oxygen atoms in total. The van der Waals surface area contributed by atoms with Crippen LogP contribution in [0.1, 0.15) is 57.8 Å². The molecular formula is C14H24S. The summed E-state index contributed by atoms with van der Waals surface area (Å²) >= 11 is 1.91. The van der Waals surface area contributed by atoms with E-state index in [4.69, 9.17) is 0 Å². The second kappa shape index (κ2) is 6.32. The fourth-order valence-corrected chi connectivity index (χ4v) is 3.26. The molecule has 0 aromatic carbocycles. The maximum absolute atomic E-state index is 2.46. The molecule has 0 bridgehead atoms. The lowest BCUT2D eigenvalue weighted by atomic mass is 9.77. The lowest BCUT2D eigenvalue weighted by Crippen LogP contribution is -2.18. The summed E-state index contributed by atoms with van der Waals surface area (Å²) < 4.78 is 0. The van der Waals surface area contributed by atoms with Crippen LogP contribution in [-0.4, -0.2) is 0 Å². The van der Waals surface area contributed by atoms with Crippen molar-refractivity contribution < 1.29 is 0 Å². The zero-order valence-corrected chi connectivity index (χ0v) is 11.2. The van der Waals surface area contributed by atoms with Crippen molar-refractivity contribution >= 4 is 11.3 Å². The summed E-state index contributed by atoms with van der Waals surface area (Å²) in [6, 6.07) is 4.46. The third-order valence-corrected chi connectivity index (χ3v) is 4.04. The van der Waals surface area contributed by atoms with E-state index in [1.54, 1.807) is 4.88 Å². The third kappa shape index (κ3) is 4.38. The van der Waals surface area contributed by atoms with Gasteiger partial charge in [-0.1, -0.05) is 46.1 Å². The molecule has 0 radical (unpaired) electrons. The molecule has 0 saturated carbocycles. The van der Waals surface area contributed by atoms with E-state index in [9.17, 15) is 0 Å². The molecule has 0 spiro atoms. The third-order valence-electron chi connectivity index (χ3n) is 3.17. The minimum atomic E-state index is 0.537. The highest BCUT2D eigenvalue weighted by Gasteiger charge is 2.23. The summed E-state index contributed by atoms with van der Waals surface area (Å²) in [5.74, 6) is 0. The van der Waals surface area contributed by atoms with E-state index in [2.05, 4.69) is 38.3 Å². The van der Waals surface area contributed by atoms with E-state index in [1.165, 1.54) is 38.5 Å². The topological polar surface area (TPSA) is 0 Å². The molecule has 0 aliphatic heterocycles. The van der Waals surface area contributed by atoms with Crippen LogP contribution in [0, 0.1) is 5.41 Å². The number of thiophene rings is 1. The molecule has 1 atom stereocenters. The van der Waals surface area contributed by atoms with Gasteiger partial charge in [0.1, 0.15) is 0 Å². The molecule has 15 heavy (non-hydrogen) atoms. The minimum absolute atomic E-state index is 0.537. The van der Waals surface area contributed by atoms with E-state index in [-0.39, 0.29) is 0 Å². The molecule has 1 heteroatoms. The molecule has 0 amide bonds. The van der Waals surface area contributed by atoms with Crippen molar-refractivity contribution in [3.8, 4) is 0 Å². The summed E-state index contributed by atoms with van der Waals surface area (Å²) in [6.45, 7) is 7.06. The van der Waals surface area contributed by atoms with Gasteiger partial charge < -0.3 is 0 Å². The summed E-state index contributed by atoms with van der Waals surface area (Å²) in [5.41, 5.74) is 0.537. The molecule has 1 unspecified atom stereocenters. The SMILES string of the molecule is CCCCC(C)(CCC)Cc1cccs1. The monoisotopic (exact) mass is 224 g/mol. The van der Waals surface area contributed by atoms with Crippen molar-refractivity contribution in [2.45, 2.75) is 59.3 Å². The van der Waals surface area contributed by atoms with Gasteiger partial charge in [0.15, 0.2) is 0 Å². The van der Waals surface area contributed by atoms with Crippen LogP contribution in [0.25, 0.3) is 0 Å². The summed E-state index contributed by atoms with van der Waals surface area (Å²) in [5, 5.41) is 2.20. The molecular weight excluding hydrogens is 200 g/mol. The van der Waals surface area contributed by atoms with E-state index in [1.807, 2.05) is 11.3 Å². The van der Waals surface area contributed by atoms with E-state index < -0.39 is 0 Å². The first kappa shape index (κ1) is 12.8. The van der Waals surface area contributed by atoms with Gasteiger partial charge in [0.25, 0.3) is 0 Å². The molecule has 0 saturated heterocycles. The molecule has 1 aromatic rings. The van der Waals surface area contributed by atoms with Gasteiger partial charge in [-0.15, -0.1) is 11.3 Å². The first-order valence-corrected chi connectivity index (χ1v) is 7.10. The van der Waals surface area contributed by atoms with Gasteiger partial charge in [-0.25, -0.2) is 0 Å². The summed E-state index contributed by atoms with van der Waals surface area (Å²) in [4.78, 5) is 1.56. The first-order valence-electron chi connectivity index (χ1n) is 6.22. The maximum atomic E-state index is 2.46. The lowest BCUT2D eigenvalue weighted by molar-refractivity contribution is 0.260. The number of hydrogen-bond donors (Lipinski definition) is 0. The van der Waals surface area contributed by atoms with Crippen LogP contribution in [0.4, 0.5) is 0 Å². The molecule has 1 heterocycles. The summed E-state index contributed by atoms with van der Waals surface area (Å²) in [7, 11) is 0. The Hall–Kier alpha value is -0.300. The van der Waals surface area contributed by atoms with E-state index in [0.717, 1.165) is 0 Å². The lowest BCUT2D eigenvalue weighted by Gasteiger charge is -2.29. The average molecular weight is 224 g/mol. The Bertz CT molecular complexity index is 250. The van der Waals surface area contributed by atoms with E-state index >= 15 is 0 Å². The van der Waals surface area contributed by atoms with Crippen molar-refractivity contribution in [3.63, 3.8) is 0 Å². The number of unbranched alkanes of at least 4 members (excludes halogenated alkanes) is 1. The molecule has 0 N–H and O–H groups in total. The fourth-order valence-electron chi connectivity index (χ4n) is 2.34. The molecule has 0 aliphatic carbocycles. The van der Waals surface area contributed by atoms with Gasteiger partial charge in [0, 0.05) is 4.88 Å². The van der Waals surface area contributed by atoms with Gasteiger partial charge in [-0.05, 0) is 36.1 Å². The Labute approximate surface area is 98.7 Å². The van der Waals surface area contributed by atoms with Crippen LogP contribution in [0.2, 0.25) is 0 Å². The predicted octanol–water partition coefficient (Wildman–Crippen LogP) is 5.29. The molecule has 1 aromatic heterocycles. The second-order valence-electron chi connectivity index (χ2n) is 4.92. The molecule has 0 aliphatic rings. The Kier molecular flexibility index (Phi) is 5.38. The van der Waals surface area contributed by atoms with Crippen molar-refractivity contribution in [1.29, 1.82) is 0 Å². The highest BCUT2D eigenvalue weighted by molar-refractivity contribution is 7.09. The van der Waals surface area contributed by atoms with Crippen LogP contribution in [-0.2, 0) is 6.42 Å². The van der Waals surface area contributed by atoms with Crippen LogP contribution < -0.4 is 0 Å². The van der Waals surface area contributed by atoms with Crippen LogP contribution in [0.5, 0.6) is 0 Å². The summed E-state index contributed by atoms with van der Waals surface area (Å²) in [6.07, 6.45) is 8.04. The van der Waals surface area contributed by atoms with Crippen molar-refractivity contribution in [2.75, 3.05) is 0 Å². The number of hydrogen-bond acceptors (Lipinski definition) is 1. The number of rotatable bonds is 7. The van der Waals surface area contributed by atoms with Gasteiger partial charge in [0.2, 0.25) is 0 Å². The second-order valence-corrected chi connectivity index (χ2v) is 5.95. The zero-order valence-electron chi connectivity index (χ0n) is 10.4. The normalized spacial score (nSPS) is 15.1. The van der Waals surface area contributed by atoms with E-state index in [0.29, 0.717) is 5.41 Å². The Morgan fingerprint density at radius 3 is 2.53 bits per heavy atom. The zero-order chi connectivity index (χ0) is 11.1. The highest BCUT2D eigenvalue weighted by Crippen LogP contribution is 2.34. The Balaban J connectivity index is 2.55. The standard InChI is InChI=1S/C14H24S/c1-4-6-10-14(3,9-5-2)12-13-8-7-11-15-13/h7-8,11H,4-6,9-10,12H2,1-3H3. The molecule has 86 valence electrons. The van der Waals surface area contributed by atoms with Crippen LogP contribution >= 0.6 is 11.3 Å². The predicted molar refractivity (Wildman–Crippen MR) is 70.6 cm³/mol. The molecule has 0 fully saturated rings. The smallest absolute Gasteiger partial charge is 0.00506 e. The van der Waals surface area contributed by atoms with Gasteiger partial charge in [0.05, 0.1) is 0 Å². The highest BCUT2D eigenvalue weighted by atomic mass is 32.1. The Morgan fingerprint density at radius 1 is 1.20 bits per heavy atom. The van der Waals surface area contributed by atoms with Crippen molar-refractivity contribution in [1.82, 2.24) is 0 Å². The maximum Gasteiger partial charge on any atom is 0.00506 e. The van der Waals surface area contributed by atoms with Gasteiger partial charge in [-0.2, -0.15) is 0 Å². The quantitative estimate of drug-likeness (QED) is 0.590. The van der Waals surface area contributed by atoms with Gasteiger partial charge >= 0.3 is 0 Å². The molecule has 1 rings (SSSR count). The fraction of sp³-hybridized carbons (Fsp3) is 0.714. The van der Waals surface area contributed by atoms with Crippen LogP contribution in [0.15, 0.2) is 17.5 Å². The first-order chi connectivity index (χ1) is 7.20. The largest absolute Gasteiger partial charge is 0.149 e. The Morgan fingerprint density at radius 2 is 2.00 bits per heavy atom. The van der Waals surface area contributed by atoms with Gasteiger partial charge in [-0.3, -0.25) is 0 Å².